The Kier molecular flexibility index (Phi) is 5.51. The number of anilines is 1. The molecule has 0 aliphatic heterocycles. The van der Waals surface area contributed by atoms with Crippen LogP contribution in [0.25, 0.3) is 10.5 Å². The van der Waals surface area contributed by atoms with Gasteiger partial charge in [0.2, 0.25) is 0 Å². The van der Waals surface area contributed by atoms with E-state index in [-0.39, 0.29) is 34.1 Å². The largest absolute Gasteiger partial charge is 0.478 e. The second-order valence-electron chi connectivity index (χ2n) is 7.91. The molecular formula is C20H20N8O4. The summed E-state index contributed by atoms with van der Waals surface area (Å²) >= 11 is 0. The Hall–Kier alpha value is -4.53. The van der Waals surface area contributed by atoms with E-state index in [0.29, 0.717) is 11.4 Å². The SMILES string of the molecule is [C-]#[N+]c1cnn(-c2cc(C(=O)O)cc(C(=O)O)c2)c1/N=N/c1c(C(C)(C)C)nn(C)c1N. The highest BCUT2D eigenvalue weighted by Gasteiger charge is 2.25. The van der Waals surface area contributed by atoms with Crippen molar-refractivity contribution in [1.82, 2.24) is 19.6 Å². The molecule has 2 heterocycles. The van der Waals surface area contributed by atoms with Crippen molar-refractivity contribution in [3.05, 3.63) is 52.6 Å². The maximum absolute atomic E-state index is 11.5. The van der Waals surface area contributed by atoms with E-state index in [0.717, 1.165) is 10.7 Å². The average molecular weight is 436 g/mol. The van der Waals surface area contributed by atoms with E-state index >= 15 is 0 Å². The van der Waals surface area contributed by atoms with Crippen LogP contribution < -0.4 is 5.73 Å². The maximum atomic E-state index is 11.5. The molecule has 0 aliphatic carbocycles. The Morgan fingerprint density at radius 2 is 1.72 bits per heavy atom. The predicted molar refractivity (Wildman–Crippen MR) is 114 cm³/mol. The number of nitrogens with two attached hydrogens (primary N) is 1. The number of carboxylic acids is 2. The van der Waals surface area contributed by atoms with Crippen LogP contribution in [0.4, 0.5) is 23.0 Å². The van der Waals surface area contributed by atoms with Crippen molar-refractivity contribution in [2.24, 2.45) is 17.3 Å². The molecule has 0 fully saturated rings. The number of aromatic carboxylic acids is 2. The zero-order chi connectivity index (χ0) is 23.8. The Morgan fingerprint density at radius 1 is 1.12 bits per heavy atom. The minimum Gasteiger partial charge on any atom is -0.478 e. The van der Waals surface area contributed by atoms with E-state index in [1.165, 1.54) is 23.0 Å². The van der Waals surface area contributed by atoms with Gasteiger partial charge in [0.25, 0.3) is 5.69 Å². The third kappa shape index (κ3) is 4.04. The van der Waals surface area contributed by atoms with E-state index < -0.39 is 17.4 Å². The first-order valence-electron chi connectivity index (χ1n) is 9.26. The third-order valence-electron chi connectivity index (χ3n) is 4.52. The molecular weight excluding hydrogens is 416 g/mol. The van der Waals surface area contributed by atoms with Crippen LogP contribution >= 0.6 is 0 Å². The van der Waals surface area contributed by atoms with Gasteiger partial charge in [-0.05, 0) is 18.2 Å². The highest BCUT2D eigenvalue weighted by Crippen LogP contribution is 2.38. The van der Waals surface area contributed by atoms with Crippen molar-refractivity contribution in [3.63, 3.8) is 0 Å². The Balaban J connectivity index is 2.20. The molecule has 0 unspecified atom stereocenters. The van der Waals surface area contributed by atoms with Crippen molar-refractivity contribution < 1.29 is 19.8 Å². The minimum atomic E-state index is -1.31. The Labute approximate surface area is 182 Å². The normalized spacial score (nSPS) is 11.6. The van der Waals surface area contributed by atoms with Crippen molar-refractivity contribution in [2.75, 3.05) is 5.73 Å². The molecule has 0 atom stereocenters. The molecule has 4 N–H and O–H groups in total. The molecule has 0 saturated heterocycles. The van der Waals surface area contributed by atoms with Crippen LogP contribution in [0.5, 0.6) is 0 Å². The molecule has 164 valence electrons. The molecule has 0 aliphatic rings. The lowest BCUT2D eigenvalue weighted by Crippen LogP contribution is -2.12. The van der Waals surface area contributed by atoms with Gasteiger partial charge < -0.3 is 15.9 Å². The van der Waals surface area contributed by atoms with Gasteiger partial charge in [0.05, 0.1) is 35.3 Å². The lowest BCUT2D eigenvalue weighted by Gasteiger charge is -2.15. The molecule has 32 heavy (non-hydrogen) atoms. The minimum absolute atomic E-state index is 0.0120. The first kappa shape index (κ1) is 22.2. The molecule has 0 radical (unpaired) electrons. The van der Waals surface area contributed by atoms with Gasteiger partial charge in [-0.3, -0.25) is 4.68 Å². The number of rotatable bonds is 5. The molecule has 3 rings (SSSR count). The average Bonchev–Trinajstić information content (AvgIpc) is 3.26. The number of aryl methyl sites for hydroxylation is 1. The third-order valence-corrected chi connectivity index (χ3v) is 4.52. The molecule has 0 bridgehead atoms. The quantitative estimate of drug-likeness (QED) is 0.403. The number of hydrogen-bond donors (Lipinski definition) is 3. The van der Waals surface area contributed by atoms with Crippen LogP contribution in [0.15, 0.2) is 34.6 Å². The fraction of sp³-hybridized carbons (Fsp3) is 0.250. The van der Waals surface area contributed by atoms with Crippen LogP contribution in [0.1, 0.15) is 47.2 Å². The number of benzene rings is 1. The van der Waals surface area contributed by atoms with E-state index in [1.807, 2.05) is 20.8 Å². The fourth-order valence-electron chi connectivity index (χ4n) is 2.90. The summed E-state index contributed by atoms with van der Waals surface area (Å²) in [6.45, 7) is 13.2. The molecule has 1 aromatic carbocycles. The zero-order valence-electron chi connectivity index (χ0n) is 17.7. The predicted octanol–water partition coefficient (Wildman–Crippen LogP) is 3.85. The Bertz CT molecular complexity index is 1270. The molecule has 2 aromatic heterocycles. The van der Waals surface area contributed by atoms with Gasteiger partial charge in [-0.25, -0.2) is 19.1 Å². The van der Waals surface area contributed by atoms with Gasteiger partial charge in [0.15, 0.2) is 11.5 Å². The van der Waals surface area contributed by atoms with Gasteiger partial charge in [0, 0.05) is 12.5 Å². The molecule has 0 saturated carbocycles. The van der Waals surface area contributed by atoms with E-state index in [2.05, 4.69) is 25.3 Å². The van der Waals surface area contributed by atoms with Crippen LogP contribution in [0.2, 0.25) is 0 Å². The molecule has 0 spiro atoms. The molecule has 3 aromatic rings. The summed E-state index contributed by atoms with van der Waals surface area (Å²) in [7, 11) is 1.67. The molecule has 0 amide bonds. The van der Waals surface area contributed by atoms with Crippen molar-refractivity contribution in [3.8, 4) is 5.69 Å². The lowest BCUT2D eigenvalue weighted by atomic mass is 9.91. The summed E-state index contributed by atoms with van der Waals surface area (Å²) in [5, 5.41) is 35.5. The zero-order valence-corrected chi connectivity index (χ0v) is 17.7. The van der Waals surface area contributed by atoms with Crippen molar-refractivity contribution in [1.29, 1.82) is 0 Å². The number of nitrogen functional groups attached to an aromatic ring is 1. The number of azo groups is 1. The number of carbonyl (C=O) groups is 2. The monoisotopic (exact) mass is 436 g/mol. The van der Waals surface area contributed by atoms with Crippen LogP contribution in [0.3, 0.4) is 0 Å². The van der Waals surface area contributed by atoms with Gasteiger partial charge in [-0.1, -0.05) is 20.8 Å². The number of carboxylic acid groups (broad SMARTS) is 2. The van der Waals surface area contributed by atoms with Gasteiger partial charge >= 0.3 is 11.9 Å². The summed E-state index contributed by atoms with van der Waals surface area (Å²) in [6, 6.07) is 3.49. The topological polar surface area (TPSA) is 165 Å². The van der Waals surface area contributed by atoms with Crippen molar-refractivity contribution in [2.45, 2.75) is 26.2 Å². The maximum Gasteiger partial charge on any atom is 0.335 e. The Morgan fingerprint density at radius 3 is 2.22 bits per heavy atom. The van der Waals surface area contributed by atoms with Gasteiger partial charge in [0.1, 0.15) is 5.82 Å². The van der Waals surface area contributed by atoms with Crippen LogP contribution in [0, 0.1) is 6.57 Å². The van der Waals surface area contributed by atoms with E-state index in [9.17, 15) is 19.8 Å². The summed E-state index contributed by atoms with van der Waals surface area (Å²) in [5.74, 6) is -2.36. The summed E-state index contributed by atoms with van der Waals surface area (Å²) in [4.78, 5) is 26.3. The standard InChI is InChI=1S/C20H20N8O4/c1-20(2,3)15-14(16(21)27(5)26-15)24-25-17-13(22-4)9-23-28(17)12-7-10(18(29)30)6-11(8-12)19(31)32/h6-9H,21H2,1-3,5H3,(H,29,30)(H,31,32)/b25-24+. The smallest absolute Gasteiger partial charge is 0.335 e. The summed E-state index contributed by atoms with van der Waals surface area (Å²) < 4.78 is 2.62. The lowest BCUT2D eigenvalue weighted by molar-refractivity contribution is 0.0696. The number of aromatic nitrogens is 4. The fourth-order valence-corrected chi connectivity index (χ4v) is 2.90. The van der Waals surface area contributed by atoms with Crippen LogP contribution in [-0.2, 0) is 12.5 Å². The van der Waals surface area contributed by atoms with Crippen LogP contribution in [-0.4, -0.2) is 41.7 Å². The van der Waals surface area contributed by atoms with Gasteiger partial charge in [-0.15, -0.1) is 10.2 Å². The van der Waals surface area contributed by atoms with Crippen molar-refractivity contribution >= 4 is 34.9 Å². The second kappa shape index (κ2) is 7.95. The first-order chi connectivity index (χ1) is 14.9. The number of nitrogens with zero attached hydrogens (tertiary/aromatic N) is 7. The first-order valence-corrected chi connectivity index (χ1v) is 9.26. The van der Waals surface area contributed by atoms with Gasteiger partial charge in [-0.2, -0.15) is 10.2 Å². The van der Waals surface area contributed by atoms with E-state index in [1.54, 1.807) is 7.05 Å². The van der Waals surface area contributed by atoms with E-state index in [4.69, 9.17) is 12.3 Å². The molecule has 12 heteroatoms. The highest BCUT2D eigenvalue weighted by atomic mass is 16.4. The molecule has 12 nitrogen and oxygen atoms in total. The summed E-state index contributed by atoms with van der Waals surface area (Å²) in [6.07, 6.45) is 1.23. The summed E-state index contributed by atoms with van der Waals surface area (Å²) in [5.41, 5.74) is 6.25. The number of hydrogen-bond acceptors (Lipinski definition) is 7. The highest BCUT2D eigenvalue weighted by molar-refractivity contribution is 5.95. The second-order valence-corrected chi connectivity index (χ2v) is 7.91.